The molecule has 0 saturated heterocycles. The quantitative estimate of drug-likeness (QED) is 0.129. The van der Waals surface area contributed by atoms with E-state index < -0.39 is 0 Å². The minimum atomic E-state index is -0.133. The molecule has 1 aliphatic rings. The van der Waals surface area contributed by atoms with Crippen LogP contribution in [0.2, 0.25) is 0 Å². The van der Waals surface area contributed by atoms with Gasteiger partial charge in [-0.2, -0.15) is 0 Å². The van der Waals surface area contributed by atoms with E-state index in [2.05, 4.69) is 196 Å². The van der Waals surface area contributed by atoms with Crippen molar-refractivity contribution < 1.29 is 0 Å². The highest BCUT2D eigenvalue weighted by molar-refractivity contribution is 6.25. The van der Waals surface area contributed by atoms with Crippen LogP contribution in [0.25, 0.3) is 98.4 Å². The Hall–Kier alpha value is -6.50. The molecule has 248 valence electrons. The zero-order valence-electron chi connectivity index (χ0n) is 29.8. The van der Waals surface area contributed by atoms with Crippen LogP contribution in [0.3, 0.4) is 0 Å². The van der Waals surface area contributed by atoms with E-state index in [1.54, 1.807) is 0 Å². The van der Waals surface area contributed by atoms with E-state index in [-0.39, 0.29) is 5.41 Å². The predicted molar refractivity (Wildman–Crippen MR) is 228 cm³/mol. The van der Waals surface area contributed by atoms with E-state index in [4.69, 9.17) is 0 Å². The summed E-state index contributed by atoms with van der Waals surface area (Å²) >= 11 is 0. The molecule has 0 radical (unpaired) electrons. The van der Waals surface area contributed by atoms with E-state index in [0.717, 1.165) is 0 Å². The second kappa shape index (κ2) is 11.2. The first-order valence-electron chi connectivity index (χ1n) is 18.7. The molecule has 0 aromatic heterocycles. The summed E-state index contributed by atoms with van der Waals surface area (Å²) < 4.78 is 0. The van der Waals surface area contributed by atoms with Gasteiger partial charge in [-0.3, -0.25) is 0 Å². The zero-order chi connectivity index (χ0) is 35.3. The Bertz CT molecular complexity index is 3080. The zero-order valence-corrected chi connectivity index (χ0v) is 29.8. The summed E-state index contributed by atoms with van der Waals surface area (Å²) in [6, 6.07) is 67.9. The maximum Gasteiger partial charge on any atom is 0.0165 e. The fraction of sp³-hybridized carbons (Fsp3) is 0.0566. The van der Waals surface area contributed by atoms with Gasteiger partial charge in [-0.05, 0) is 128 Å². The van der Waals surface area contributed by atoms with Gasteiger partial charge in [0, 0.05) is 5.41 Å². The molecule has 0 fully saturated rings. The van der Waals surface area contributed by atoms with E-state index in [9.17, 15) is 0 Å². The molecule has 0 bridgehead atoms. The van der Waals surface area contributed by atoms with Gasteiger partial charge in [-0.15, -0.1) is 0 Å². The van der Waals surface area contributed by atoms with E-state index in [1.807, 2.05) is 0 Å². The van der Waals surface area contributed by atoms with Crippen LogP contribution in [-0.2, 0) is 5.41 Å². The van der Waals surface area contributed by atoms with Gasteiger partial charge >= 0.3 is 0 Å². The fourth-order valence-electron chi connectivity index (χ4n) is 9.64. The molecule has 0 amide bonds. The van der Waals surface area contributed by atoms with Gasteiger partial charge in [-0.25, -0.2) is 0 Å². The highest BCUT2D eigenvalue weighted by Crippen LogP contribution is 2.54. The molecule has 0 aliphatic heterocycles. The Morgan fingerprint density at radius 3 is 1.57 bits per heavy atom. The molecule has 0 nitrogen and oxygen atoms in total. The lowest BCUT2D eigenvalue weighted by molar-refractivity contribution is 0.663. The maximum atomic E-state index is 2.43. The van der Waals surface area contributed by atoms with Crippen molar-refractivity contribution in [3.05, 3.63) is 193 Å². The molecule has 10 aromatic carbocycles. The predicted octanol–water partition coefficient (Wildman–Crippen LogP) is 14.8. The standard InChI is InChI=1S/C53H36/c1-53(2)49-32-35-16-4-3-15-34(35)31-48(49)47-27-12-24-39(52(47)53)36-17-11-18-37(30-36)50-43-20-7-9-22-45(43)51(46-23-10-8-21-44(46)50)42-26-13-25-40-38-19-6-5-14-33(38)28-29-41(40)42/h3-32H,1-2H3. The van der Waals surface area contributed by atoms with Crippen LogP contribution in [0.5, 0.6) is 0 Å². The van der Waals surface area contributed by atoms with Crippen LogP contribution in [0.1, 0.15) is 25.0 Å². The number of hydrogen-bond acceptors (Lipinski definition) is 0. The molecule has 0 heteroatoms. The molecule has 0 atom stereocenters. The van der Waals surface area contributed by atoms with Crippen molar-refractivity contribution >= 4 is 53.9 Å². The van der Waals surface area contributed by atoms with Gasteiger partial charge in [0.1, 0.15) is 0 Å². The smallest absolute Gasteiger partial charge is 0.0165 e. The summed E-state index contributed by atoms with van der Waals surface area (Å²) in [6.45, 7) is 4.80. The molecule has 0 spiro atoms. The van der Waals surface area contributed by atoms with Crippen LogP contribution in [0.4, 0.5) is 0 Å². The van der Waals surface area contributed by atoms with Gasteiger partial charge in [-0.1, -0.05) is 178 Å². The molecule has 10 aromatic rings. The molecule has 0 unspecified atom stereocenters. The maximum absolute atomic E-state index is 2.43. The monoisotopic (exact) mass is 672 g/mol. The minimum Gasteiger partial charge on any atom is -0.0616 e. The third-order valence-electron chi connectivity index (χ3n) is 12.0. The second-order valence-corrected chi connectivity index (χ2v) is 15.2. The lowest BCUT2D eigenvalue weighted by atomic mass is 9.78. The van der Waals surface area contributed by atoms with E-state index >= 15 is 0 Å². The Labute approximate surface area is 309 Å². The minimum absolute atomic E-state index is 0.133. The lowest BCUT2D eigenvalue weighted by Gasteiger charge is -2.25. The summed E-state index contributed by atoms with van der Waals surface area (Å²) in [5, 5.41) is 12.8. The summed E-state index contributed by atoms with van der Waals surface area (Å²) in [7, 11) is 0. The van der Waals surface area contributed by atoms with Crippen LogP contribution >= 0.6 is 0 Å². The fourth-order valence-corrected chi connectivity index (χ4v) is 9.64. The topological polar surface area (TPSA) is 0 Å². The normalized spacial score (nSPS) is 13.2. The van der Waals surface area contributed by atoms with Crippen molar-refractivity contribution in [1.29, 1.82) is 0 Å². The Kier molecular flexibility index (Phi) is 6.40. The van der Waals surface area contributed by atoms with Crippen molar-refractivity contribution in [1.82, 2.24) is 0 Å². The molecular weight excluding hydrogens is 637 g/mol. The number of rotatable bonds is 3. The van der Waals surface area contributed by atoms with Crippen LogP contribution in [0, 0.1) is 0 Å². The average molecular weight is 673 g/mol. The number of benzene rings is 10. The number of hydrogen-bond donors (Lipinski definition) is 0. The van der Waals surface area contributed by atoms with E-state index in [1.165, 1.54) is 109 Å². The molecule has 11 rings (SSSR count). The Balaban J connectivity index is 1.14. The van der Waals surface area contributed by atoms with Crippen molar-refractivity contribution in [3.8, 4) is 44.5 Å². The third kappa shape index (κ3) is 4.36. The summed E-state index contributed by atoms with van der Waals surface area (Å²) in [5.41, 5.74) is 13.0. The van der Waals surface area contributed by atoms with Crippen LogP contribution < -0.4 is 0 Å². The van der Waals surface area contributed by atoms with Crippen molar-refractivity contribution in [3.63, 3.8) is 0 Å². The van der Waals surface area contributed by atoms with Crippen LogP contribution in [0.15, 0.2) is 182 Å². The SMILES string of the molecule is CC1(C)c2cc3ccccc3cc2-c2cccc(-c3cccc(-c4c5ccccc5c(-c5cccc6c5ccc5ccccc56)c5ccccc45)c3)c21. The van der Waals surface area contributed by atoms with Crippen LogP contribution in [-0.4, -0.2) is 0 Å². The van der Waals surface area contributed by atoms with E-state index in [0.29, 0.717) is 0 Å². The average Bonchev–Trinajstić information content (AvgIpc) is 3.43. The van der Waals surface area contributed by atoms with Gasteiger partial charge in [0.15, 0.2) is 0 Å². The summed E-state index contributed by atoms with van der Waals surface area (Å²) in [6.07, 6.45) is 0. The summed E-state index contributed by atoms with van der Waals surface area (Å²) in [5.74, 6) is 0. The Morgan fingerprint density at radius 2 is 0.830 bits per heavy atom. The molecular formula is C53H36. The highest BCUT2D eigenvalue weighted by atomic mass is 14.4. The van der Waals surface area contributed by atoms with Gasteiger partial charge in [0.2, 0.25) is 0 Å². The molecule has 0 N–H and O–H groups in total. The summed E-state index contributed by atoms with van der Waals surface area (Å²) in [4.78, 5) is 0. The van der Waals surface area contributed by atoms with Crippen molar-refractivity contribution in [2.75, 3.05) is 0 Å². The first-order chi connectivity index (χ1) is 26.1. The molecule has 0 heterocycles. The molecule has 0 saturated carbocycles. The largest absolute Gasteiger partial charge is 0.0616 e. The first kappa shape index (κ1) is 30.2. The van der Waals surface area contributed by atoms with Gasteiger partial charge < -0.3 is 0 Å². The molecule has 53 heavy (non-hydrogen) atoms. The Morgan fingerprint density at radius 1 is 0.302 bits per heavy atom. The lowest BCUT2D eigenvalue weighted by Crippen LogP contribution is -2.16. The third-order valence-corrected chi connectivity index (χ3v) is 12.0. The first-order valence-corrected chi connectivity index (χ1v) is 18.7. The number of fused-ring (bicyclic) bond motifs is 9. The highest BCUT2D eigenvalue weighted by Gasteiger charge is 2.37. The van der Waals surface area contributed by atoms with Crippen molar-refractivity contribution in [2.45, 2.75) is 19.3 Å². The second-order valence-electron chi connectivity index (χ2n) is 15.2. The molecule has 1 aliphatic carbocycles. The van der Waals surface area contributed by atoms with Gasteiger partial charge in [0.25, 0.3) is 0 Å². The van der Waals surface area contributed by atoms with Gasteiger partial charge in [0.05, 0.1) is 0 Å². The van der Waals surface area contributed by atoms with Crippen molar-refractivity contribution in [2.24, 2.45) is 0 Å².